The predicted octanol–water partition coefficient (Wildman–Crippen LogP) is 3.55. The summed E-state index contributed by atoms with van der Waals surface area (Å²) in [5.74, 6) is 1.07. The van der Waals surface area contributed by atoms with Gasteiger partial charge in [-0.3, -0.25) is 14.7 Å². The SMILES string of the molecule is CCNC(=NCC(C)(C)N1CCCCC1)NCC1CC(=O)Nc2ccccc21.I. The van der Waals surface area contributed by atoms with Gasteiger partial charge in [-0.05, 0) is 58.3 Å². The molecule has 0 aliphatic carbocycles. The van der Waals surface area contributed by atoms with Gasteiger partial charge in [0.05, 0.1) is 6.54 Å². The lowest BCUT2D eigenvalue weighted by Gasteiger charge is -2.40. The fraction of sp³-hybridized carbons (Fsp3) is 0.636. The molecule has 1 aromatic rings. The average molecular weight is 513 g/mol. The maximum atomic E-state index is 12.0. The topological polar surface area (TPSA) is 68.8 Å². The molecule has 3 N–H and O–H groups in total. The summed E-state index contributed by atoms with van der Waals surface area (Å²) in [4.78, 5) is 19.5. The Morgan fingerprint density at radius 1 is 1.21 bits per heavy atom. The van der Waals surface area contributed by atoms with Crippen molar-refractivity contribution >= 4 is 41.5 Å². The van der Waals surface area contributed by atoms with E-state index in [2.05, 4.69) is 47.7 Å². The Labute approximate surface area is 192 Å². The maximum Gasteiger partial charge on any atom is 0.225 e. The Bertz CT molecular complexity index is 700. The van der Waals surface area contributed by atoms with Gasteiger partial charge in [-0.25, -0.2) is 0 Å². The number of guanidine groups is 1. The minimum Gasteiger partial charge on any atom is -0.357 e. The monoisotopic (exact) mass is 513 g/mol. The van der Waals surface area contributed by atoms with Crippen LogP contribution in [0.3, 0.4) is 0 Å². The van der Waals surface area contributed by atoms with E-state index in [1.807, 2.05) is 18.2 Å². The largest absolute Gasteiger partial charge is 0.357 e. The second-order valence-corrected chi connectivity index (χ2v) is 8.47. The summed E-state index contributed by atoms with van der Waals surface area (Å²) in [7, 11) is 0. The molecule has 2 aliphatic heterocycles. The van der Waals surface area contributed by atoms with E-state index in [4.69, 9.17) is 4.99 Å². The Kier molecular flexibility index (Phi) is 9.20. The lowest BCUT2D eigenvalue weighted by molar-refractivity contribution is -0.116. The van der Waals surface area contributed by atoms with Gasteiger partial charge >= 0.3 is 0 Å². The molecule has 1 amide bonds. The number of anilines is 1. The van der Waals surface area contributed by atoms with Crippen molar-refractivity contribution < 1.29 is 4.79 Å². The first-order chi connectivity index (χ1) is 13.5. The molecule has 3 rings (SSSR count). The lowest BCUT2D eigenvalue weighted by Crippen LogP contribution is -2.49. The van der Waals surface area contributed by atoms with E-state index in [0.29, 0.717) is 13.0 Å². The van der Waals surface area contributed by atoms with Gasteiger partial charge in [-0.15, -0.1) is 24.0 Å². The Hall–Kier alpha value is -1.35. The fourth-order valence-corrected chi connectivity index (χ4v) is 4.12. The number of carbonyl (C=O) groups is 1. The molecule has 0 radical (unpaired) electrons. The van der Waals surface area contributed by atoms with Gasteiger partial charge in [0.25, 0.3) is 0 Å². The first kappa shape index (κ1) is 23.9. The number of para-hydroxylation sites is 1. The van der Waals surface area contributed by atoms with E-state index in [0.717, 1.165) is 24.7 Å². The smallest absolute Gasteiger partial charge is 0.225 e. The zero-order valence-electron chi connectivity index (χ0n) is 18.0. The number of hydrogen-bond acceptors (Lipinski definition) is 3. The predicted molar refractivity (Wildman–Crippen MR) is 131 cm³/mol. The van der Waals surface area contributed by atoms with Crippen molar-refractivity contribution in [1.82, 2.24) is 15.5 Å². The van der Waals surface area contributed by atoms with E-state index >= 15 is 0 Å². The average Bonchev–Trinajstić information content (AvgIpc) is 2.70. The molecule has 1 unspecified atom stereocenters. The molecule has 7 heteroatoms. The quantitative estimate of drug-likeness (QED) is 0.309. The summed E-state index contributed by atoms with van der Waals surface area (Å²) in [5, 5.41) is 9.79. The molecular weight excluding hydrogens is 477 g/mol. The number of halogens is 1. The van der Waals surface area contributed by atoms with Gasteiger partial charge in [-0.1, -0.05) is 24.6 Å². The number of piperidine rings is 1. The highest BCUT2D eigenvalue weighted by atomic mass is 127. The number of benzene rings is 1. The van der Waals surface area contributed by atoms with Crippen molar-refractivity contribution in [2.24, 2.45) is 4.99 Å². The lowest BCUT2D eigenvalue weighted by atomic mass is 9.90. The highest BCUT2D eigenvalue weighted by molar-refractivity contribution is 14.0. The van der Waals surface area contributed by atoms with Crippen LogP contribution in [0.5, 0.6) is 0 Å². The number of carbonyl (C=O) groups excluding carboxylic acids is 1. The van der Waals surface area contributed by atoms with Gasteiger partial charge in [-0.2, -0.15) is 0 Å². The second-order valence-electron chi connectivity index (χ2n) is 8.47. The first-order valence-electron chi connectivity index (χ1n) is 10.7. The summed E-state index contributed by atoms with van der Waals surface area (Å²) in [6.07, 6.45) is 4.42. The Balaban J connectivity index is 0.00000300. The van der Waals surface area contributed by atoms with E-state index < -0.39 is 0 Å². The summed E-state index contributed by atoms with van der Waals surface area (Å²) in [5.41, 5.74) is 2.18. The Morgan fingerprint density at radius 3 is 2.66 bits per heavy atom. The fourth-order valence-electron chi connectivity index (χ4n) is 4.12. The number of nitrogens with one attached hydrogen (secondary N) is 3. The van der Waals surface area contributed by atoms with Crippen molar-refractivity contribution in [2.45, 2.75) is 57.9 Å². The van der Waals surface area contributed by atoms with Gasteiger partial charge < -0.3 is 16.0 Å². The van der Waals surface area contributed by atoms with Crippen LogP contribution in [0.25, 0.3) is 0 Å². The van der Waals surface area contributed by atoms with Crippen molar-refractivity contribution in [1.29, 1.82) is 0 Å². The molecule has 1 atom stereocenters. The highest BCUT2D eigenvalue weighted by Crippen LogP contribution is 2.31. The van der Waals surface area contributed by atoms with Gasteiger partial charge in [0.15, 0.2) is 5.96 Å². The van der Waals surface area contributed by atoms with Crippen LogP contribution >= 0.6 is 24.0 Å². The number of likely N-dealkylation sites (tertiary alicyclic amines) is 1. The minimum atomic E-state index is 0. The van der Waals surface area contributed by atoms with Crippen LogP contribution < -0.4 is 16.0 Å². The normalized spacial score (nSPS) is 20.3. The molecule has 2 heterocycles. The van der Waals surface area contributed by atoms with Crippen LogP contribution in [0.15, 0.2) is 29.3 Å². The second kappa shape index (κ2) is 11.2. The summed E-state index contributed by atoms with van der Waals surface area (Å²) < 4.78 is 0. The summed E-state index contributed by atoms with van der Waals surface area (Å²) >= 11 is 0. The third-order valence-corrected chi connectivity index (χ3v) is 5.80. The molecular formula is C22H36IN5O. The zero-order valence-corrected chi connectivity index (χ0v) is 20.3. The maximum absolute atomic E-state index is 12.0. The molecule has 0 bridgehead atoms. The standard InChI is InChI=1S/C22H35N5O.HI/c1-4-23-21(25-16-22(2,3)27-12-8-5-9-13-27)24-15-17-14-20(28)26-19-11-7-6-10-18(17)19;/h6-7,10-11,17H,4-5,8-9,12-16H2,1-3H3,(H,26,28)(H2,23,24,25);1H. The van der Waals surface area contributed by atoms with E-state index in [-0.39, 0.29) is 41.3 Å². The minimum absolute atomic E-state index is 0. The number of aliphatic imine (C=N–C) groups is 1. The van der Waals surface area contributed by atoms with Crippen LogP contribution in [0, 0.1) is 0 Å². The molecule has 0 spiro atoms. The molecule has 1 saturated heterocycles. The van der Waals surface area contributed by atoms with Crippen LogP contribution in [-0.4, -0.2) is 55.0 Å². The first-order valence-corrected chi connectivity index (χ1v) is 10.7. The van der Waals surface area contributed by atoms with E-state index in [9.17, 15) is 4.79 Å². The molecule has 29 heavy (non-hydrogen) atoms. The zero-order chi connectivity index (χ0) is 20.0. The summed E-state index contributed by atoms with van der Waals surface area (Å²) in [6, 6.07) is 8.07. The van der Waals surface area contributed by atoms with Crippen LogP contribution in [0.1, 0.15) is 57.9 Å². The number of fused-ring (bicyclic) bond motifs is 1. The summed E-state index contributed by atoms with van der Waals surface area (Å²) in [6.45, 7) is 11.2. The number of amides is 1. The van der Waals surface area contributed by atoms with Gasteiger partial charge in [0, 0.05) is 36.7 Å². The van der Waals surface area contributed by atoms with E-state index in [1.165, 1.54) is 37.9 Å². The number of rotatable bonds is 6. The van der Waals surface area contributed by atoms with Gasteiger partial charge in [0.1, 0.15) is 0 Å². The molecule has 2 aliphatic rings. The molecule has 0 saturated carbocycles. The van der Waals surface area contributed by atoms with Crippen molar-refractivity contribution in [3.05, 3.63) is 29.8 Å². The molecule has 162 valence electrons. The van der Waals surface area contributed by atoms with Crippen molar-refractivity contribution in [3.8, 4) is 0 Å². The Morgan fingerprint density at radius 2 is 1.93 bits per heavy atom. The van der Waals surface area contributed by atoms with E-state index in [1.54, 1.807) is 0 Å². The number of hydrogen-bond donors (Lipinski definition) is 3. The molecule has 1 fully saturated rings. The molecule has 6 nitrogen and oxygen atoms in total. The number of nitrogens with zero attached hydrogens (tertiary/aromatic N) is 2. The third kappa shape index (κ3) is 6.57. The van der Waals surface area contributed by atoms with Crippen LogP contribution in [-0.2, 0) is 4.79 Å². The molecule has 0 aromatic heterocycles. The van der Waals surface area contributed by atoms with Crippen LogP contribution in [0.2, 0.25) is 0 Å². The van der Waals surface area contributed by atoms with Crippen molar-refractivity contribution in [2.75, 3.05) is 38.0 Å². The van der Waals surface area contributed by atoms with Crippen molar-refractivity contribution in [3.63, 3.8) is 0 Å². The highest BCUT2D eigenvalue weighted by Gasteiger charge is 2.28. The molecule has 1 aromatic carbocycles. The van der Waals surface area contributed by atoms with Gasteiger partial charge in [0.2, 0.25) is 5.91 Å². The third-order valence-electron chi connectivity index (χ3n) is 5.80. The van der Waals surface area contributed by atoms with Crippen LogP contribution in [0.4, 0.5) is 5.69 Å².